The Morgan fingerprint density at radius 2 is 1.94 bits per heavy atom. The molecule has 1 saturated heterocycles. The molecule has 2 amide bonds. The van der Waals surface area contributed by atoms with Gasteiger partial charge < -0.3 is 29.9 Å². The fraction of sp³-hybridized carbons (Fsp3) is 0.571. The Morgan fingerprint density at radius 3 is 2.53 bits per heavy atom. The molecule has 0 unspecified atom stereocenters. The highest BCUT2D eigenvalue weighted by molar-refractivity contribution is 14.0. The number of aliphatic imine (C=N–C) groups is 1. The molecule has 0 spiro atoms. The number of guanidine groups is 1. The summed E-state index contributed by atoms with van der Waals surface area (Å²) in [5.41, 5.74) is 0.647. The summed E-state index contributed by atoms with van der Waals surface area (Å²) in [6, 6.07) is 4.49. The van der Waals surface area contributed by atoms with Crippen molar-refractivity contribution < 1.29 is 23.5 Å². The highest BCUT2D eigenvalue weighted by Gasteiger charge is 2.24. The first-order chi connectivity index (χ1) is 14.8. The number of piperidine rings is 1. The number of carbonyl (C=O) groups is 2. The molecule has 0 saturated carbocycles. The molecular formula is C21H33FIN5O4. The van der Waals surface area contributed by atoms with Gasteiger partial charge in [-0.15, -0.1) is 24.0 Å². The molecule has 1 fully saturated rings. The maximum atomic E-state index is 13.8. The van der Waals surface area contributed by atoms with Crippen LogP contribution in [0.5, 0.6) is 5.75 Å². The Labute approximate surface area is 205 Å². The van der Waals surface area contributed by atoms with Crippen LogP contribution in [0.3, 0.4) is 0 Å². The number of rotatable bonds is 7. The predicted octanol–water partition coefficient (Wildman–Crippen LogP) is 2.20. The number of amides is 2. The molecule has 180 valence electrons. The summed E-state index contributed by atoms with van der Waals surface area (Å²) in [5.74, 6) is 0.370. The van der Waals surface area contributed by atoms with Crippen molar-refractivity contribution >= 4 is 41.9 Å². The molecule has 2 N–H and O–H groups in total. The number of carbonyl (C=O) groups excluding carboxylic acids is 2. The number of hydrogen-bond donors (Lipinski definition) is 2. The van der Waals surface area contributed by atoms with Crippen molar-refractivity contribution in [1.82, 2.24) is 20.4 Å². The van der Waals surface area contributed by atoms with Crippen LogP contribution in [0.4, 0.5) is 9.18 Å². The number of likely N-dealkylation sites (tertiary alicyclic amines) is 1. The first kappa shape index (κ1) is 27.7. The lowest BCUT2D eigenvalue weighted by molar-refractivity contribution is -0.127. The van der Waals surface area contributed by atoms with Crippen LogP contribution in [-0.4, -0.2) is 81.2 Å². The zero-order chi connectivity index (χ0) is 22.8. The van der Waals surface area contributed by atoms with Gasteiger partial charge in [0, 0.05) is 39.3 Å². The summed E-state index contributed by atoms with van der Waals surface area (Å²) in [6.45, 7) is 3.56. The van der Waals surface area contributed by atoms with Crippen molar-refractivity contribution in [2.75, 3.05) is 47.4 Å². The van der Waals surface area contributed by atoms with E-state index in [9.17, 15) is 14.0 Å². The van der Waals surface area contributed by atoms with Crippen LogP contribution < -0.4 is 15.4 Å². The number of likely N-dealkylation sites (N-methyl/N-ethyl adjacent to an activating group) is 1. The van der Waals surface area contributed by atoms with E-state index in [1.54, 1.807) is 32.0 Å². The second kappa shape index (κ2) is 14.0. The summed E-state index contributed by atoms with van der Waals surface area (Å²) < 4.78 is 23.9. The second-order valence-electron chi connectivity index (χ2n) is 7.41. The average molecular weight is 565 g/mol. The third-order valence-electron chi connectivity index (χ3n) is 4.85. The predicted molar refractivity (Wildman–Crippen MR) is 131 cm³/mol. The van der Waals surface area contributed by atoms with Crippen molar-refractivity contribution in [3.63, 3.8) is 0 Å². The fourth-order valence-electron chi connectivity index (χ4n) is 3.08. The quantitative estimate of drug-likeness (QED) is 0.299. The smallest absolute Gasteiger partial charge is 0.409 e. The molecule has 0 aromatic heterocycles. The zero-order valence-corrected chi connectivity index (χ0v) is 21.4. The molecule has 0 aliphatic carbocycles. The van der Waals surface area contributed by atoms with Gasteiger partial charge in [0.2, 0.25) is 5.91 Å². The molecule has 9 nitrogen and oxygen atoms in total. The van der Waals surface area contributed by atoms with Crippen molar-refractivity contribution in [1.29, 1.82) is 0 Å². The molecule has 2 rings (SSSR count). The van der Waals surface area contributed by atoms with E-state index in [0.717, 1.165) is 12.8 Å². The third kappa shape index (κ3) is 9.05. The average Bonchev–Trinajstić information content (AvgIpc) is 2.75. The minimum absolute atomic E-state index is 0. The van der Waals surface area contributed by atoms with Gasteiger partial charge in [0.1, 0.15) is 11.6 Å². The van der Waals surface area contributed by atoms with Gasteiger partial charge in [0.05, 0.1) is 26.8 Å². The van der Waals surface area contributed by atoms with Gasteiger partial charge in [-0.25, -0.2) is 14.2 Å². The largest absolute Gasteiger partial charge is 0.497 e. The van der Waals surface area contributed by atoms with E-state index in [1.165, 1.54) is 24.1 Å². The lowest BCUT2D eigenvalue weighted by Crippen LogP contribution is -2.51. The van der Waals surface area contributed by atoms with Gasteiger partial charge in [-0.1, -0.05) is 0 Å². The number of nitrogens with zero attached hydrogens (tertiary/aromatic N) is 3. The number of halogens is 2. The van der Waals surface area contributed by atoms with Gasteiger partial charge in [0.25, 0.3) is 0 Å². The summed E-state index contributed by atoms with van der Waals surface area (Å²) >= 11 is 0. The van der Waals surface area contributed by atoms with E-state index in [-0.39, 0.29) is 55.1 Å². The molecule has 32 heavy (non-hydrogen) atoms. The summed E-state index contributed by atoms with van der Waals surface area (Å²) in [6.07, 6.45) is 1.13. The van der Waals surface area contributed by atoms with Gasteiger partial charge in [-0.2, -0.15) is 0 Å². The van der Waals surface area contributed by atoms with E-state index < -0.39 is 5.82 Å². The Morgan fingerprint density at radius 1 is 1.25 bits per heavy atom. The maximum absolute atomic E-state index is 13.8. The van der Waals surface area contributed by atoms with Crippen molar-refractivity contribution in [2.45, 2.75) is 32.4 Å². The van der Waals surface area contributed by atoms with Gasteiger partial charge in [-0.05, 0) is 37.5 Å². The zero-order valence-electron chi connectivity index (χ0n) is 19.0. The van der Waals surface area contributed by atoms with E-state index in [4.69, 9.17) is 9.47 Å². The molecule has 1 heterocycles. The topological polar surface area (TPSA) is 95.5 Å². The van der Waals surface area contributed by atoms with Crippen LogP contribution in [0.25, 0.3) is 0 Å². The Kier molecular flexibility index (Phi) is 12.1. The molecular weight excluding hydrogens is 532 g/mol. The van der Waals surface area contributed by atoms with Crippen molar-refractivity contribution in [3.05, 3.63) is 29.6 Å². The van der Waals surface area contributed by atoms with E-state index in [2.05, 4.69) is 15.6 Å². The molecule has 0 bridgehead atoms. The van der Waals surface area contributed by atoms with Crippen LogP contribution in [0.1, 0.15) is 25.3 Å². The first-order valence-corrected chi connectivity index (χ1v) is 10.3. The standard InChI is InChI=1S/C21H32FN5O4.HI/c1-5-31-21(29)27-8-6-17(7-9-27)25-20(24-14-19(28)26(2)3)23-13-15-10-16(22)12-18(11-15)30-4;/h10-12,17H,5-9,13-14H2,1-4H3,(H2,23,24,25);1H. The van der Waals surface area contributed by atoms with Crippen molar-refractivity contribution in [2.24, 2.45) is 4.99 Å². The molecule has 1 aliphatic rings. The lowest BCUT2D eigenvalue weighted by Gasteiger charge is -2.32. The van der Waals surface area contributed by atoms with Crippen molar-refractivity contribution in [3.8, 4) is 5.75 Å². The van der Waals surface area contributed by atoms with Gasteiger partial charge in [0.15, 0.2) is 5.96 Å². The first-order valence-electron chi connectivity index (χ1n) is 10.3. The minimum atomic E-state index is -0.402. The summed E-state index contributed by atoms with van der Waals surface area (Å²) in [7, 11) is 4.84. The number of nitrogens with one attached hydrogen (secondary N) is 2. The van der Waals surface area contributed by atoms with Crippen LogP contribution in [-0.2, 0) is 16.1 Å². The highest BCUT2D eigenvalue weighted by atomic mass is 127. The van der Waals surface area contributed by atoms with E-state index in [1.807, 2.05) is 0 Å². The van der Waals surface area contributed by atoms with Gasteiger partial charge >= 0.3 is 6.09 Å². The number of hydrogen-bond acceptors (Lipinski definition) is 5. The highest BCUT2D eigenvalue weighted by Crippen LogP contribution is 2.17. The molecule has 1 aromatic rings. The SMILES string of the molecule is CCOC(=O)N1CCC(NC(=NCc2cc(F)cc(OC)c2)NCC(=O)N(C)C)CC1.I. The van der Waals surface area contributed by atoms with E-state index in [0.29, 0.717) is 37.0 Å². The molecule has 1 aliphatic heterocycles. The number of ether oxygens (including phenoxy) is 2. The molecule has 0 atom stereocenters. The number of benzene rings is 1. The Balaban J connectivity index is 0.00000512. The van der Waals surface area contributed by atoms with Crippen LogP contribution in [0.15, 0.2) is 23.2 Å². The molecule has 1 aromatic carbocycles. The van der Waals surface area contributed by atoms with E-state index >= 15 is 0 Å². The second-order valence-corrected chi connectivity index (χ2v) is 7.41. The van der Waals surface area contributed by atoms with Crippen LogP contribution in [0, 0.1) is 5.82 Å². The molecule has 0 radical (unpaired) electrons. The minimum Gasteiger partial charge on any atom is -0.497 e. The lowest BCUT2D eigenvalue weighted by atomic mass is 10.1. The summed E-state index contributed by atoms with van der Waals surface area (Å²) in [4.78, 5) is 31.5. The summed E-state index contributed by atoms with van der Waals surface area (Å²) in [5, 5.41) is 6.35. The Bertz CT molecular complexity index is 785. The maximum Gasteiger partial charge on any atom is 0.409 e. The monoisotopic (exact) mass is 565 g/mol. The normalized spacial score (nSPS) is 14.3. The third-order valence-corrected chi connectivity index (χ3v) is 4.85. The molecule has 11 heteroatoms. The van der Waals surface area contributed by atoms with Crippen LogP contribution >= 0.6 is 24.0 Å². The fourth-order valence-corrected chi connectivity index (χ4v) is 3.08. The number of methoxy groups -OCH3 is 1. The van der Waals surface area contributed by atoms with Gasteiger partial charge in [-0.3, -0.25) is 4.79 Å². The Hall–Kier alpha value is -2.31. The van der Waals surface area contributed by atoms with Crippen LogP contribution in [0.2, 0.25) is 0 Å².